The number of halogens is 2. The molecular formula is C13H9ClINO2. The molecule has 3 nitrogen and oxygen atoms in total. The van der Waals surface area contributed by atoms with Gasteiger partial charge in [-0.05, 0) is 52.9 Å². The molecule has 0 spiro atoms. The maximum absolute atomic E-state index is 12.3. The third-order valence-electron chi connectivity index (χ3n) is 2.39. The quantitative estimate of drug-likeness (QED) is 0.610. The topological polar surface area (TPSA) is 39.2 Å². The van der Waals surface area contributed by atoms with Gasteiger partial charge >= 0.3 is 0 Å². The highest BCUT2D eigenvalue weighted by atomic mass is 127. The van der Waals surface area contributed by atoms with Gasteiger partial charge in [-0.3, -0.25) is 4.79 Å². The molecule has 0 aliphatic carbocycles. The van der Waals surface area contributed by atoms with E-state index in [4.69, 9.17) is 16.3 Å². The highest BCUT2D eigenvalue weighted by Crippen LogP contribution is 2.23. The van der Waals surface area contributed by atoms with Crippen LogP contribution in [-0.2, 0) is 0 Å². The lowest BCUT2D eigenvalue weighted by molar-refractivity contribution is 0.103. The number of carbonyl (C=O) groups is 1. The normalized spacial score (nSPS) is 10.2. The maximum Gasteiger partial charge on any atom is 0.215 e. The maximum atomic E-state index is 12.3. The van der Waals surface area contributed by atoms with Crippen LogP contribution in [0, 0.1) is 3.57 Å². The molecular weight excluding hydrogens is 365 g/mol. The molecule has 2 aromatic rings. The molecule has 1 heterocycles. The SMILES string of the molecule is COc1cccnc1C(=O)c1ccc(I)c(Cl)c1. The number of hydrogen-bond donors (Lipinski definition) is 0. The number of benzene rings is 1. The molecule has 0 saturated heterocycles. The van der Waals surface area contributed by atoms with Crippen LogP contribution in [0.15, 0.2) is 36.5 Å². The third-order valence-corrected chi connectivity index (χ3v) is 3.96. The van der Waals surface area contributed by atoms with Crippen LogP contribution in [0.3, 0.4) is 0 Å². The number of rotatable bonds is 3. The van der Waals surface area contributed by atoms with E-state index >= 15 is 0 Å². The van der Waals surface area contributed by atoms with Crippen molar-refractivity contribution in [2.75, 3.05) is 7.11 Å². The van der Waals surface area contributed by atoms with Gasteiger partial charge in [0.05, 0.1) is 12.1 Å². The zero-order chi connectivity index (χ0) is 13.1. The Morgan fingerprint density at radius 3 is 2.83 bits per heavy atom. The van der Waals surface area contributed by atoms with Crippen molar-refractivity contribution < 1.29 is 9.53 Å². The molecule has 5 heteroatoms. The van der Waals surface area contributed by atoms with Crippen LogP contribution >= 0.6 is 34.2 Å². The molecule has 0 amide bonds. The van der Waals surface area contributed by atoms with Gasteiger partial charge in [0.15, 0.2) is 5.69 Å². The molecule has 18 heavy (non-hydrogen) atoms. The highest BCUT2D eigenvalue weighted by molar-refractivity contribution is 14.1. The van der Waals surface area contributed by atoms with Gasteiger partial charge in [0.1, 0.15) is 5.75 Å². The number of ketones is 1. The molecule has 0 fully saturated rings. The lowest BCUT2D eigenvalue weighted by atomic mass is 10.1. The van der Waals surface area contributed by atoms with Crippen LogP contribution in [0.25, 0.3) is 0 Å². The Kier molecular flexibility index (Phi) is 4.19. The van der Waals surface area contributed by atoms with Gasteiger partial charge in [-0.1, -0.05) is 11.6 Å². The Hall–Kier alpha value is -1.14. The molecule has 0 radical (unpaired) electrons. The molecule has 0 aliphatic heterocycles. The predicted octanol–water partition coefficient (Wildman–Crippen LogP) is 3.58. The number of pyridine rings is 1. The fraction of sp³-hybridized carbons (Fsp3) is 0.0769. The monoisotopic (exact) mass is 373 g/mol. The van der Waals surface area contributed by atoms with Crippen molar-refractivity contribution in [3.8, 4) is 5.75 Å². The van der Waals surface area contributed by atoms with Gasteiger partial charge in [-0.25, -0.2) is 4.98 Å². The Bertz CT molecular complexity index is 601. The number of ether oxygens (including phenoxy) is 1. The van der Waals surface area contributed by atoms with Crippen LogP contribution in [-0.4, -0.2) is 17.9 Å². The average Bonchev–Trinajstić information content (AvgIpc) is 2.41. The summed E-state index contributed by atoms with van der Waals surface area (Å²) in [5, 5.41) is 0.552. The zero-order valence-electron chi connectivity index (χ0n) is 9.48. The minimum Gasteiger partial charge on any atom is -0.494 e. The summed E-state index contributed by atoms with van der Waals surface area (Å²) in [6.07, 6.45) is 1.56. The Labute approximate surface area is 123 Å². The van der Waals surface area contributed by atoms with Gasteiger partial charge < -0.3 is 4.74 Å². The minimum absolute atomic E-state index is 0.203. The number of methoxy groups -OCH3 is 1. The van der Waals surface area contributed by atoms with Crippen molar-refractivity contribution in [2.45, 2.75) is 0 Å². The standard InChI is InChI=1S/C13H9ClINO2/c1-18-11-3-2-6-16-12(11)13(17)8-4-5-10(15)9(14)7-8/h2-7H,1H3. The average molecular weight is 374 g/mol. The van der Waals surface area contributed by atoms with Gasteiger partial charge in [-0.15, -0.1) is 0 Å². The first-order chi connectivity index (χ1) is 8.63. The molecule has 0 saturated carbocycles. The summed E-state index contributed by atoms with van der Waals surface area (Å²) in [4.78, 5) is 16.3. The third kappa shape index (κ3) is 2.64. The molecule has 0 atom stereocenters. The van der Waals surface area contributed by atoms with E-state index < -0.39 is 0 Å². The van der Waals surface area contributed by atoms with Crippen molar-refractivity contribution >= 4 is 40.0 Å². The Balaban J connectivity index is 2.44. The Morgan fingerprint density at radius 1 is 1.39 bits per heavy atom. The number of aromatic nitrogens is 1. The summed E-state index contributed by atoms with van der Waals surface area (Å²) in [7, 11) is 1.51. The smallest absolute Gasteiger partial charge is 0.215 e. The largest absolute Gasteiger partial charge is 0.494 e. The van der Waals surface area contributed by atoms with E-state index in [1.54, 1.807) is 36.5 Å². The summed E-state index contributed by atoms with van der Waals surface area (Å²) in [5.74, 6) is 0.253. The van der Waals surface area contributed by atoms with E-state index in [2.05, 4.69) is 27.6 Å². The number of carbonyl (C=O) groups excluding carboxylic acids is 1. The van der Waals surface area contributed by atoms with E-state index in [1.807, 2.05) is 0 Å². The molecule has 1 aromatic heterocycles. The fourth-order valence-corrected chi connectivity index (χ4v) is 2.02. The van der Waals surface area contributed by atoms with Crippen molar-refractivity contribution in [3.63, 3.8) is 0 Å². The van der Waals surface area contributed by atoms with E-state index in [0.717, 1.165) is 3.57 Å². The molecule has 2 rings (SSSR count). The van der Waals surface area contributed by atoms with E-state index in [9.17, 15) is 4.79 Å². The van der Waals surface area contributed by atoms with Crippen LogP contribution < -0.4 is 4.74 Å². The first-order valence-corrected chi connectivity index (χ1v) is 6.58. The van der Waals surface area contributed by atoms with Gasteiger partial charge in [-0.2, -0.15) is 0 Å². The summed E-state index contributed by atoms with van der Waals surface area (Å²) in [6, 6.07) is 8.58. The van der Waals surface area contributed by atoms with E-state index in [0.29, 0.717) is 16.3 Å². The van der Waals surface area contributed by atoms with Gasteiger partial charge in [0.25, 0.3) is 0 Å². The van der Waals surface area contributed by atoms with Gasteiger partial charge in [0.2, 0.25) is 5.78 Å². The van der Waals surface area contributed by atoms with Crippen molar-refractivity contribution in [1.29, 1.82) is 0 Å². The second-order valence-electron chi connectivity index (χ2n) is 3.51. The van der Waals surface area contributed by atoms with Gasteiger partial charge in [0, 0.05) is 15.3 Å². The molecule has 1 aromatic carbocycles. The summed E-state index contributed by atoms with van der Waals surface area (Å²) >= 11 is 8.12. The summed E-state index contributed by atoms with van der Waals surface area (Å²) in [6.45, 7) is 0. The fourth-order valence-electron chi connectivity index (χ4n) is 1.50. The summed E-state index contributed by atoms with van der Waals surface area (Å²) < 4.78 is 6.03. The first-order valence-electron chi connectivity index (χ1n) is 5.12. The van der Waals surface area contributed by atoms with Crippen molar-refractivity contribution in [2.24, 2.45) is 0 Å². The minimum atomic E-state index is -0.203. The lowest BCUT2D eigenvalue weighted by Crippen LogP contribution is -2.06. The molecule has 0 bridgehead atoms. The second-order valence-corrected chi connectivity index (χ2v) is 5.08. The molecule has 0 aliphatic rings. The van der Waals surface area contributed by atoms with Crippen LogP contribution in [0.4, 0.5) is 0 Å². The molecule has 92 valence electrons. The lowest BCUT2D eigenvalue weighted by Gasteiger charge is -2.06. The van der Waals surface area contributed by atoms with Crippen LogP contribution in [0.5, 0.6) is 5.75 Å². The number of hydrogen-bond acceptors (Lipinski definition) is 3. The second kappa shape index (κ2) is 5.67. The Morgan fingerprint density at radius 2 is 2.17 bits per heavy atom. The van der Waals surface area contributed by atoms with Crippen LogP contribution in [0.1, 0.15) is 16.1 Å². The van der Waals surface area contributed by atoms with E-state index in [1.165, 1.54) is 7.11 Å². The summed E-state index contributed by atoms with van der Waals surface area (Å²) in [5.41, 5.74) is 0.787. The van der Waals surface area contributed by atoms with Crippen molar-refractivity contribution in [1.82, 2.24) is 4.98 Å². The molecule has 0 unspecified atom stereocenters. The zero-order valence-corrected chi connectivity index (χ0v) is 12.4. The van der Waals surface area contributed by atoms with Crippen molar-refractivity contribution in [3.05, 3.63) is 56.4 Å². The van der Waals surface area contributed by atoms with Crippen LogP contribution in [0.2, 0.25) is 5.02 Å². The van der Waals surface area contributed by atoms with E-state index in [-0.39, 0.29) is 11.5 Å². The molecule has 0 N–H and O–H groups in total. The predicted molar refractivity (Wildman–Crippen MR) is 78.4 cm³/mol. The first kappa shape index (κ1) is 13.3. The highest BCUT2D eigenvalue weighted by Gasteiger charge is 2.16. The number of nitrogens with zero attached hydrogens (tertiary/aromatic N) is 1.